The average molecular weight is 467 g/mol. The highest BCUT2D eigenvalue weighted by molar-refractivity contribution is 14.0. The third-order valence-corrected chi connectivity index (χ3v) is 4.91. The average Bonchev–Trinajstić information content (AvgIpc) is 3.40. The van der Waals surface area contributed by atoms with Crippen LogP contribution in [0.5, 0.6) is 5.75 Å². The smallest absolute Gasteiger partial charge is 0.191 e. The fourth-order valence-electron chi connectivity index (χ4n) is 3.48. The van der Waals surface area contributed by atoms with Crippen molar-refractivity contribution in [2.45, 2.75) is 30.8 Å². The highest BCUT2D eigenvalue weighted by Crippen LogP contribution is 2.42. The summed E-state index contributed by atoms with van der Waals surface area (Å²) in [6.07, 6.45) is 1.81. The number of hydrogen-bond donors (Lipinski definition) is 2. The number of para-hydroxylation sites is 1. The summed E-state index contributed by atoms with van der Waals surface area (Å²) >= 11 is 0. The van der Waals surface area contributed by atoms with Crippen molar-refractivity contribution in [1.29, 1.82) is 0 Å². The molecule has 0 spiro atoms. The summed E-state index contributed by atoms with van der Waals surface area (Å²) in [4.78, 5) is 4.35. The number of nitrogens with one attached hydrogen (secondary N) is 2. The van der Waals surface area contributed by atoms with E-state index < -0.39 is 0 Å². The Morgan fingerprint density at radius 2 is 1.81 bits per heavy atom. The normalized spacial score (nSPS) is 23.9. The van der Waals surface area contributed by atoms with E-state index in [-0.39, 0.29) is 47.8 Å². The minimum atomic E-state index is -0.127. The van der Waals surface area contributed by atoms with E-state index in [0.29, 0.717) is 6.61 Å². The van der Waals surface area contributed by atoms with Gasteiger partial charge in [0.25, 0.3) is 0 Å². The molecule has 0 saturated heterocycles. The van der Waals surface area contributed by atoms with E-state index in [2.05, 4.69) is 21.7 Å². The summed E-state index contributed by atoms with van der Waals surface area (Å²) in [7, 11) is 1.76. The highest BCUT2D eigenvalue weighted by atomic mass is 127. The van der Waals surface area contributed by atoms with Crippen LogP contribution in [0.15, 0.2) is 53.5 Å². The Morgan fingerprint density at radius 3 is 2.58 bits per heavy atom. The van der Waals surface area contributed by atoms with Crippen LogP contribution in [0.2, 0.25) is 0 Å². The van der Waals surface area contributed by atoms with Gasteiger partial charge in [-0.25, -0.2) is 4.39 Å². The molecule has 0 aromatic heterocycles. The monoisotopic (exact) mass is 467 g/mol. The van der Waals surface area contributed by atoms with Crippen molar-refractivity contribution < 1.29 is 9.13 Å². The van der Waals surface area contributed by atoms with Gasteiger partial charge in [0.15, 0.2) is 5.96 Å². The molecule has 4 nitrogen and oxygen atoms in total. The fraction of sp³-hybridized carbons (Fsp3) is 0.350. The Morgan fingerprint density at radius 1 is 1.08 bits per heavy atom. The van der Waals surface area contributed by atoms with Gasteiger partial charge in [0, 0.05) is 31.0 Å². The van der Waals surface area contributed by atoms with E-state index in [9.17, 15) is 4.39 Å². The van der Waals surface area contributed by atoms with E-state index in [0.717, 1.165) is 35.7 Å². The molecule has 3 atom stereocenters. The van der Waals surface area contributed by atoms with Gasteiger partial charge in [0.05, 0.1) is 12.6 Å². The van der Waals surface area contributed by atoms with Crippen LogP contribution in [0.3, 0.4) is 0 Å². The van der Waals surface area contributed by atoms with E-state index in [4.69, 9.17) is 4.74 Å². The van der Waals surface area contributed by atoms with Crippen LogP contribution in [0.25, 0.3) is 0 Å². The molecule has 1 aliphatic carbocycles. The Kier molecular flexibility index (Phi) is 6.01. The minimum Gasteiger partial charge on any atom is -0.493 e. The molecule has 6 heteroatoms. The van der Waals surface area contributed by atoms with Gasteiger partial charge in [0.2, 0.25) is 0 Å². The molecule has 1 saturated carbocycles. The number of ether oxygens (including phenoxy) is 1. The molecule has 4 rings (SSSR count). The summed E-state index contributed by atoms with van der Waals surface area (Å²) in [6, 6.07) is 15.5. The van der Waals surface area contributed by atoms with Gasteiger partial charge in [-0.3, -0.25) is 4.99 Å². The van der Waals surface area contributed by atoms with Gasteiger partial charge >= 0.3 is 0 Å². The van der Waals surface area contributed by atoms with Crippen molar-refractivity contribution in [3.63, 3.8) is 0 Å². The van der Waals surface area contributed by atoms with Crippen molar-refractivity contribution in [1.82, 2.24) is 10.6 Å². The summed E-state index contributed by atoms with van der Waals surface area (Å²) in [5.74, 6) is 1.77. The number of aliphatic imine (C=N–C) groups is 1. The molecule has 2 aromatic rings. The van der Waals surface area contributed by atoms with Gasteiger partial charge in [0.1, 0.15) is 11.6 Å². The number of nitrogens with zero attached hydrogens (tertiary/aromatic N) is 1. The maximum absolute atomic E-state index is 13.9. The molecule has 0 radical (unpaired) electrons. The fourth-order valence-corrected chi connectivity index (χ4v) is 3.48. The summed E-state index contributed by atoms with van der Waals surface area (Å²) < 4.78 is 19.6. The van der Waals surface area contributed by atoms with E-state index >= 15 is 0 Å². The predicted octanol–water partition coefficient (Wildman–Crippen LogP) is 3.99. The summed E-state index contributed by atoms with van der Waals surface area (Å²) in [5, 5.41) is 6.91. The second kappa shape index (κ2) is 8.24. The zero-order chi connectivity index (χ0) is 17.2. The first kappa shape index (κ1) is 18.9. The SMILES string of the molecule is CN=C(NC1CCOc2ccccc21)NC1CC1c1ccccc1F.I. The molecule has 0 bridgehead atoms. The van der Waals surface area contributed by atoms with Crippen LogP contribution in [0, 0.1) is 5.82 Å². The standard InChI is InChI=1S/C20H22FN3O.HI/c1-22-20(23-17-10-11-25-19-9-5-3-7-14(17)19)24-18-12-15(18)13-6-2-4-8-16(13)21;/h2-9,15,17-18H,10-12H2,1H3,(H2,22,23,24);1H. The Balaban J connectivity index is 0.00000196. The molecular formula is C20H23FIN3O. The van der Waals surface area contributed by atoms with Crippen LogP contribution in [-0.2, 0) is 0 Å². The van der Waals surface area contributed by atoms with Crippen LogP contribution < -0.4 is 15.4 Å². The van der Waals surface area contributed by atoms with Crippen LogP contribution in [0.4, 0.5) is 4.39 Å². The van der Waals surface area contributed by atoms with Crippen LogP contribution in [0.1, 0.15) is 35.9 Å². The first-order valence-electron chi connectivity index (χ1n) is 8.72. The number of hydrogen-bond acceptors (Lipinski definition) is 2. The lowest BCUT2D eigenvalue weighted by Gasteiger charge is -2.28. The lowest BCUT2D eigenvalue weighted by atomic mass is 10.0. The molecule has 2 aliphatic rings. The van der Waals surface area contributed by atoms with Crippen molar-refractivity contribution in [2.24, 2.45) is 4.99 Å². The van der Waals surface area contributed by atoms with Crippen molar-refractivity contribution in [2.75, 3.05) is 13.7 Å². The van der Waals surface area contributed by atoms with Crippen LogP contribution >= 0.6 is 24.0 Å². The number of guanidine groups is 1. The topological polar surface area (TPSA) is 45.7 Å². The van der Waals surface area contributed by atoms with Gasteiger partial charge in [-0.1, -0.05) is 36.4 Å². The quantitative estimate of drug-likeness (QED) is 0.408. The highest BCUT2D eigenvalue weighted by Gasteiger charge is 2.40. The third kappa shape index (κ3) is 3.95. The second-order valence-corrected chi connectivity index (χ2v) is 6.56. The van der Waals surface area contributed by atoms with E-state index in [1.165, 1.54) is 6.07 Å². The molecule has 3 unspecified atom stereocenters. The van der Waals surface area contributed by atoms with Crippen molar-refractivity contribution >= 4 is 29.9 Å². The lowest BCUT2D eigenvalue weighted by molar-refractivity contribution is 0.261. The zero-order valence-corrected chi connectivity index (χ0v) is 16.9. The predicted molar refractivity (Wildman–Crippen MR) is 112 cm³/mol. The molecule has 1 heterocycles. The maximum Gasteiger partial charge on any atom is 0.191 e. The van der Waals surface area contributed by atoms with Gasteiger partial charge in [-0.2, -0.15) is 0 Å². The van der Waals surface area contributed by atoms with Crippen molar-refractivity contribution in [3.8, 4) is 5.75 Å². The number of halogens is 2. The lowest BCUT2D eigenvalue weighted by Crippen LogP contribution is -2.42. The molecular weight excluding hydrogens is 444 g/mol. The molecule has 1 aliphatic heterocycles. The molecule has 2 aromatic carbocycles. The Hall–Kier alpha value is -1.83. The van der Waals surface area contributed by atoms with Crippen molar-refractivity contribution in [3.05, 3.63) is 65.5 Å². The largest absolute Gasteiger partial charge is 0.493 e. The Bertz CT molecular complexity index is 798. The molecule has 2 N–H and O–H groups in total. The molecule has 1 fully saturated rings. The number of benzene rings is 2. The second-order valence-electron chi connectivity index (χ2n) is 6.56. The van der Waals surface area contributed by atoms with E-state index in [1.807, 2.05) is 30.3 Å². The minimum absolute atomic E-state index is 0. The maximum atomic E-state index is 13.9. The summed E-state index contributed by atoms with van der Waals surface area (Å²) in [5.41, 5.74) is 1.94. The van der Waals surface area contributed by atoms with E-state index in [1.54, 1.807) is 13.1 Å². The molecule has 0 amide bonds. The zero-order valence-electron chi connectivity index (χ0n) is 14.6. The Labute approximate surface area is 170 Å². The number of fused-ring (bicyclic) bond motifs is 1. The van der Waals surface area contributed by atoms with Gasteiger partial charge in [-0.05, 0) is 24.1 Å². The van der Waals surface area contributed by atoms with Crippen LogP contribution in [-0.4, -0.2) is 25.7 Å². The number of rotatable bonds is 3. The molecule has 26 heavy (non-hydrogen) atoms. The first-order chi connectivity index (χ1) is 12.3. The van der Waals surface area contributed by atoms with Gasteiger partial charge < -0.3 is 15.4 Å². The van der Waals surface area contributed by atoms with Gasteiger partial charge in [-0.15, -0.1) is 24.0 Å². The molecule has 138 valence electrons. The third-order valence-electron chi connectivity index (χ3n) is 4.91. The summed E-state index contributed by atoms with van der Waals surface area (Å²) in [6.45, 7) is 0.687. The first-order valence-corrected chi connectivity index (χ1v) is 8.72.